The minimum Gasteiger partial charge on any atom is -0.352 e. The molecule has 0 bridgehead atoms. The SMILES string of the molecule is CCNC(=O)c1sc(NC(=O)c2nnn(Cc3ccc(Cl)c(Cl)c3)c2C)nc1C. The minimum absolute atomic E-state index is 0.178. The van der Waals surface area contributed by atoms with Gasteiger partial charge in [0.1, 0.15) is 4.88 Å². The molecule has 0 aliphatic carbocycles. The van der Waals surface area contributed by atoms with E-state index in [0.29, 0.717) is 44.5 Å². The number of carbonyl (C=O) groups is 2. The van der Waals surface area contributed by atoms with Crippen LogP contribution >= 0.6 is 34.5 Å². The summed E-state index contributed by atoms with van der Waals surface area (Å²) in [5.41, 5.74) is 2.20. The molecule has 8 nitrogen and oxygen atoms in total. The van der Waals surface area contributed by atoms with Gasteiger partial charge >= 0.3 is 0 Å². The van der Waals surface area contributed by atoms with Crippen LogP contribution in [-0.4, -0.2) is 38.3 Å². The van der Waals surface area contributed by atoms with E-state index < -0.39 is 5.91 Å². The first-order valence-electron chi connectivity index (χ1n) is 8.71. The molecule has 0 fully saturated rings. The molecule has 11 heteroatoms. The number of nitrogens with one attached hydrogen (secondary N) is 2. The van der Waals surface area contributed by atoms with E-state index in [1.165, 1.54) is 0 Å². The summed E-state index contributed by atoms with van der Waals surface area (Å²) in [5, 5.41) is 14.7. The highest BCUT2D eigenvalue weighted by atomic mass is 35.5. The molecular weight excluding hydrogens is 435 g/mol. The van der Waals surface area contributed by atoms with E-state index >= 15 is 0 Å². The topological polar surface area (TPSA) is 102 Å². The number of carbonyl (C=O) groups excluding carboxylic acids is 2. The normalized spacial score (nSPS) is 10.8. The molecule has 0 radical (unpaired) electrons. The van der Waals surface area contributed by atoms with Crippen molar-refractivity contribution in [2.45, 2.75) is 27.3 Å². The van der Waals surface area contributed by atoms with Gasteiger partial charge < -0.3 is 5.32 Å². The maximum atomic E-state index is 12.6. The van der Waals surface area contributed by atoms with Crippen LogP contribution in [0, 0.1) is 13.8 Å². The van der Waals surface area contributed by atoms with E-state index in [1.807, 2.05) is 13.0 Å². The second-order valence-corrected chi connectivity index (χ2v) is 7.99. The van der Waals surface area contributed by atoms with Crippen LogP contribution in [0.1, 0.15) is 44.0 Å². The first kappa shape index (κ1) is 21.2. The number of hydrogen-bond acceptors (Lipinski definition) is 6. The predicted octanol–water partition coefficient (Wildman–Crippen LogP) is 3.71. The molecule has 2 heterocycles. The summed E-state index contributed by atoms with van der Waals surface area (Å²) in [6.07, 6.45) is 0. The third-order valence-corrected chi connectivity index (χ3v) is 5.89. The third kappa shape index (κ3) is 4.75. The van der Waals surface area contributed by atoms with Gasteiger partial charge in [0.2, 0.25) is 0 Å². The Morgan fingerprint density at radius 2 is 1.93 bits per heavy atom. The van der Waals surface area contributed by atoms with Crippen LogP contribution in [-0.2, 0) is 6.54 Å². The van der Waals surface area contributed by atoms with Crippen LogP contribution in [0.4, 0.5) is 5.13 Å². The van der Waals surface area contributed by atoms with Gasteiger partial charge in [-0.3, -0.25) is 14.9 Å². The fraction of sp³-hybridized carbons (Fsp3) is 0.278. The fourth-order valence-corrected chi connectivity index (χ4v) is 3.79. The van der Waals surface area contributed by atoms with Gasteiger partial charge in [-0.1, -0.05) is 45.8 Å². The molecule has 29 heavy (non-hydrogen) atoms. The van der Waals surface area contributed by atoms with E-state index in [0.717, 1.165) is 16.9 Å². The van der Waals surface area contributed by atoms with Gasteiger partial charge in [0.25, 0.3) is 11.8 Å². The Balaban J connectivity index is 1.75. The Kier molecular flexibility index (Phi) is 6.51. The van der Waals surface area contributed by atoms with Crippen LogP contribution in [0.25, 0.3) is 0 Å². The number of benzene rings is 1. The molecule has 2 N–H and O–H groups in total. The molecule has 0 spiro atoms. The minimum atomic E-state index is -0.445. The van der Waals surface area contributed by atoms with Crippen molar-refractivity contribution in [3.8, 4) is 0 Å². The summed E-state index contributed by atoms with van der Waals surface area (Å²) in [5.74, 6) is -0.661. The maximum absolute atomic E-state index is 12.6. The standard InChI is InChI=1S/C18H18Cl2N6O2S/c1-4-21-17(28)15-9(2)22-18(29-15)23-16(27)14-10(3)26(25-24-14)8-11-5-6-12(19)13(20)7-11/h5-7H,4,8H2,1-3H3,(H,21,28)(H,22,23,27). The number of aryl methyl sites for hydroxylation is 1. The molecule has 0 saturated carbocycles. The Morgan fingerprint density at radius 1 is 1.17 bits per heavy atom. The van der Waals surface area contributed by atoms with E-state index in [1.54, 1.807) is 30.7 Å². The molecule has 0 saturated heterocycles. The Bertz CT molecular complexity index is 1080. The van der Waals surface area contributed by atoms with Crippen LogP contribution in [0.5, 0.6) is 0 Å². The number of hydrogen-bond donors (Lipinski definition) is 2. The van der Waals surface area contributed by atoms with Crippen molar-refractivity contribution in [1.82, 2.24) is 25.3 Å². The summed E-state index contributed by atoms with van der Waals surface area (Å²) in [7, 11) is 0. The molecule has 0 aliphatic heterocycles. The van der Waals surface area contributed by atoms with Gasteiger partial charge in [-0.15, -0.1) is 5.10 Å². The number of aromatic nitrogens is 4. The first-order chi connectivity index (χ1) is 13.8. The van der Waals surface area contributed by atoms with Gasteiger partial charge in [-0.05, 0) is 38.5 Å². The lowest BCUT2D eigenvalue weighted by Gasteiger charge is -2.05. The van der Waals surface area contributed by atoms with E-state index in [2.05, 4.69) is 25.9 Å². The van der Waals surface area contributed by atoms with Crippen molar-refractivity contribution < 1.29 is 9.59 Å². The summed E-state index contributed by atoms with van der Waals surface area (Å²) < 4.78 is 1.60. The molecular formula is C18H18Cl2N6O2S. The smallest absolute Gasteiger partial charge is 0.279 e. The average Bonchev–Trinajstić information content (AvgIpc) is 3.21. The van der Waals surface area contributed by atoms with Crippen molar-refractivity contribution in [2.75, 3.05) is 11.9 Å². The molecule has 2 amide bonds. The van der Waals surface area contributed by atoms with Gasteiger partial charge in [0.05, 0.1) is 28.0 Å². The second kappa shape index (κ2) is 8.89. The molecule has 0 aliphatic rings. The summed E-state index contributed by atoms with van der Waals surface area (Å²) >= 11 is 13.1. The highest BCUT2D eigenvalue weighted by Crippen LogP contribution is 2.24. The molecule has 152 valence electrons. The molecule has 3 aromatic rings. The zero-order chi connectivity index (χ0) is 21.1. The average molecular weight is 453 g/mol. The third-order valence-electron chi connectivity index (χ3n) is 4.07. The van der Waals surface area contributed by atoms with Crippen LogP contribution in [0.3, 0.4) is 0 Å². The lowest BCUT2D eigenvalue weighted by Crippen LogP contribution is -2.22. The monoisotopic (exact) mass is 452 g/mol. The zero-order valence-electron chi connectivity index (χ0n) is 15.9. The van der Waals surface area contributed by atoms with Crippen molar-refractivity contribution in [1.29, 1.82) is 0 Å². The largest absolute Gasteiger partial charge is 0.352 e. The van der Waals surface area contributed by atoms with Gasteiger partial charge in [-0.2, -0.15) is 0 Å². The summed E-state index contributed by atoms with van der Waals surface area (Å²) in [6.45, 7) is 6.20. The number of anilines is 1. The van der Waals surface area contributed by atoms with Crippen molar-refractivity contribution in [3.63, 3.8) is 0 Å². The Hall–Kier alpha value is -2.49. The quantitative estimate of drug-likeness (QED) is 0.593. The Morgan fingerprint density at radius 3 is 2.62 bits per heavy atom. The van der Waals surface area contributed by atoms with Crippen molar-refractivity contribution >= 4 is 51.5 Å². The highest BCUT2D eigenvalue weighted by molar-refractivity contribution is 7.17. The van der Waals surface area contributed by atoms with E-state index in [4.69, 9.17) is 23.2 Å². The maximum Gasteiger partial charge on any atom is 0.279 e. The van der Waals surface area contributed by atoms with Gasteiger partial charge in [-0.25, -0.2) is 9.67 Å². The molecule has 2 aromatic heterocycles. The van der Waals surface area contributed by atoms with Crippen molar-refractivity contribution in [2.24, 2.45) is 0 Å². The number of rotatable bonds is 6. The van der Waals surface area contributed by atoms with Gasteiger partial charge in [0.15, 0.2) is 10.8 Å². The molecule has 3 rings (SSSR count). The number of amides is 2. The van der Waals surface area contributed by atoms with E-state index in [9.17, 15) is 9.59 Å². The molecule has 0 atom stereocenters. The number of halogens is 2. The summed E-state index contributed by atoms with van der Waals surface area (Å²) in [6, 6.07) is 5.28. The number of nitrogens with zero attached hydrogens (tertiary/aromatic N) is 4. The highest BCUT2D eigenvalue weighted by Gasteiger charge is 2.20. The molecule has 1 aromatic carbocycles. The first-order valence-corrected chi connectivity index (χ1v) is 10.3. The predicted molar refractivity (Wildman–Crippen MR) is 113 cm³/mol. The second-order valence-electron chi connectivity index (χ2n) is 6.18. The summed E-state index contributed by atoms with van der Waals surface area (Å²) in [4.78, 5) is 29.3. The zero-order valence-corrected chi connectivity index (χ0v) is 18.2. The van der Waals surface area contributed by atoms with Crippen LogP contribution < -0.4 is 10.6 Å². The number of thiazole rings is 1. The fourth-order valence-electron chi connectivity index (χ4n) is 2.59. The van der Waals surface area contributed by atoms with E-state index in [-0.39, 0.29) is 11.6 Å². The lowest BCUT2D eigenvalue weighted by atomic mass is 10.2. The molecule has 0 unspecified atom stereocenters. The van der Waals surface area contributed by atoms with Crippen LogP contribution in [0.15, 0.2) is 18.2 Å². The van der Waals surface area contributed by atoms with Crippen molar-refractivity contribution in [3.05, 3.63) is 55.8 Å². The lowest BCUT2D eigenvalue weighted by molar-refractivity contribution is 0.0958. The Labute approximate surface area is 181 Å². The van der Waals surface area contributed by atoms with Gasteiger partial charge in [0, 0.05) is 6.54 Å². The van der Waals surface area contributed by atoms with Crippen LogP contribution in [0.2, 0.25) is 10.0 Å².